The first-order valence-corrected chi connectivity index (χ1v) is 11.0. The molecule has 4 amide bonds. The Bertz CT molecular complexity index is 635. The average Bonchev–Trinajstić information content (AvgIpc) is 2.68. The van der Waals surface area contributed by atoms with Gasteiger partial charge >= 0.3 is 0 Å². The summed E-state index contributed by atoms with van der Waals surface area (Å²) in [5, 5.41) is 8.18. The molecule has 1 unspecified atom stereocenters. The van der Waals surface area contributed by atoms with Crippen LogP contribution >= 0.6 is 0 Å². The predicted molar refractivity (Wildman–Crippen MR) is 113 cm³/mol. The average molecular weight is 424 g/mol. The molecule has 2 saturated heterocycles. The Morgan fingerprint density at radius 1 is 0.967 bits per heavy atom. The van der Waals surface area contributed by atoms with Crippen LogP contribution in [0.4, 0.5) is 0 Å². The van der Waals surface area contributed by atoms with Crippen LogP contribution in [0.2, 0.25) is 0 Å². The second-order valence-corrected chi connectivity index (χ2v) is 8.98. The van der Waals surface area contributed by atoms with E-state index in [9.17, 15) is 19.2 Å². The molecule has 0 aromatic heterocycles. The summed E-state index contributed by atoms with van der Waals surface area (Å²) in [6.07, 6.45) is 2.81. The molecule has 0 aromatic rings. The van der Waals surface area contributed by atoms with Gasteiger partial charge in [0.15, 0.2) is 0 Å². The van der Waals surface area contributed by atoms with Crippen LogP contribution in [-0.4, -0.2) is 85.8 Å². The zero-order valence-electron chi connectivity index (χ0n) is 18.8. The highest BCUT2D eigenvalue weighted by Crippen LogP contribution is 2.40. The fourth-order valence-electron chi connectivity index (χ4n) is 4.22. The summed E-state index contributed by atoms with van der Waals surface area (Å²) in [4.78, 5) is 52.4. The standard InChI is InChI=1S/C21H37N5O4/c1-5-18(28)26-13-21(14-26)6-8-25(9-7-21)19(29)12-23-20(30)16(10-15(2)3)24-17(27)11-22-4/h15-16,22H,5-14H2,1-4H3,(H,23,30)(H,24,27). The van der Waals surface area contributed by atoms with Gasteiger partial charge in [-0.15, -0.1) is 0 Å². The lowest BCUT2D eigenvalue weighted by Gasteiger charge is -2.54. The van der Waals surface area contributed by atoms with Gasteiger partial charge in [-0.3, -0.25) is 19.2 Å². The van der Waals surface area contributed by atoms with E-state index >= 15 is 0 Å². The van der Waals surface area contributed by atoms with E-state index < -0.39 is 6.04 Å². The van der Waals surface area contributed by atoms with Gasteiger partial charge in [0.05, 0.1) is 13.1 Å². The normalized spacial score (nSPS) is 18.7. The number of carbonyl (C=O) groups is 4. The first kappa shape index (κ1) is 24.1. The van der Waals surface area contributed by atoms with Gasteiger partial charge in [0.25, 0.3) is 0 Å². The number of nitrogens with one attached hydrogen (secondary N) is 3. The second-order valence-electron chi connectivity index (χ2n) is 8.98. The van der Waals surface area contributed by atoms with Gasteiger partial charge in [0.1, 0.15) is 6.04 Å². The van der Waals surface area contributed by atoms with Crippen LogP contribution in [0.5, 0.6) is 0 Å². The summed E-state index contributed by atoms with van der Waals surface area (Å²) in [7, 11) is 1.67. The van der Waals surface area contributed by atoms with E-state index in [0.29, 0.717) is 25.9 Å². The number of carbonyl (C=O) groups excluding carboxylic acids is 4. The van der Waals surface area contributed by atoms with E-state index in [1.165, 1.54) is 0 Å². The molecule has 0 aromatic carbocycles. The van der Waals surface area contributed by atoms with Crippen LogP contribution in [0.15, 0.2) is 0 Å². The fraction of sp³-hybridized carbons (Fsp3) is 0.810. The Morgan fingerprint density at radius 3 is 2.13 bits per heavy atom. The lowest BCUT2D eigenvalue weighted by molar-refractivity contribution is -0.149. The zero-order valence-corrected chi connectivity index (χ0v) is 18.8. The Hall–Kier alpha value is -2.16. The molecule has 9 heteroatoms. The largest absolute Gasteiger partial charge is 0.345 e. The Labute approximate surface area is 179 Å². The van der Waals surface area contributed by atoms with Gasteiger partial charge < -0.3 is 25.8 Å². The van der Waals surface area contributed by atoms with E-state index in [1.807, 2.05) is 25.7 Å². The van der Waals surface area contributed by atoms with E-state index in [0.717, 1.165) is 25.9 Å². The van der Waals surface area contributed by atoms with Crippen LogP contribution in [0.25, 0.3) is 0 Å². The molecule has 2 aliphatic rings. The van der Waals surface area contributed by atoms with Gasteiger partial charge in [-0.1, -0.05) is 20.8 Å². The van der Waals surface area contributed by atoms with Crippen LogP contribution < -0.4 is 16.0 Å². The maximum absolute atomic E-state index is 12.6. The number of hydrogen-bond donors (Lipinski definition) is 3. The SMILES string of the molecule is CCC(=O)N1CC2(CCN(C(=O)CNC(=O)C(CC(C)C)NC(=O)CNC)CC2)C1. The summed E-state index contributed by atoms with van der Waals surface area (Å²) >= 11 is 0. The number of likely N-dealkylation sites (N-methyl/N-ethyl adjacent to an activating group) is 1. The van der Waals surface area contributed by atoms with Crippen LogP contribution in [0.1, 0.15) is 46.5 Å². The highest BCUT2D eigenvalue weighted by Gasteiger charge is 2.46. The minimum atomic E-state index is -0.652. The van der Waals surface area contributed by atoms with Crippen molar-refractivity contribution in [2.24, 2.45) is 11.3 Å². The van der Waals surface area contributed by atoms with E-state index in [4.69, 9.17) is 0 Å². The number of rotatable bonds is 9. The van der Waals surface area contributed by atoms with Crippen molar-refractivity contribution in [2.75, 3.05) is 46.3 Å². The highest BCUT2D eigenvalue weighted by atomic mass is 16.2. The molecule has 2 heterocycles. The smallest absolute Gasteiger partial charge is 0.243 e. The molecule has 1 atom stereocenters. The highest BCUT2D eigenvalue weighted by molar-refractivity contribution is 5.91. The summed E-state index contributed by atoms with van der Waals surface area (Å²) in [5.41, 5.74) is 0.158. The minimum absolute atomic E-state index is 0.0667. The van der Waals surface area contributed by atoms with Gasteiger partial charge in [-0.05, 0) is 32.2 Å². The Morgan fingerprint density at radius 2 is 1.60 bits per heavy atom. The molecular weight excluding hydrogens is 386 g/mol. The molecule has 9 nitrogen and oxygen atoms in total. The van der Waals surface area contributed by atoms with Gasteiger partial charge in [0, 0.05) is 38.0 Å². The molecular formula is C21H37N5O4. The van der Waals surface area contributed by atoms with Crippen molar-refractivity contribution in [3.8, 4) is 0 Å². The molecule has 0 aliphatic carbocycles. The van der Waals surface area contributed by atoms with Crippen LogP contribution in [0, 0.1) is 11.3 Å². The zero-order chi connectivity index (χ0) is 22.3. The van der Waals surface area contributed by atoms with Gasteiger partial charge in [-0.2, -0.15) is 0 Å². The quantitative estimate of drug-likeness (QED) is 0.472. The van der Waals surface area contributed by atoms with Crippen molar-refractivity contribution >= 4 is 23.6 Å². The van der Waals surface area contributed by atoms with Crippen molar-refractivity contribution in [2.45, 2.75) is 52.5 Å². The third-order valence-corrected chi connectivity index (χ3v) is 5.99. The number of nitrogens with zero attached hydrogens (tertiary/aromatic N) is 2. The van der Waals surface area contributed by atoms with Gasteiger partial charge in [-0.25, -0.2) is 0 Å². The third-order valence-electron chi connectivity index (χ3n) is 5.99. The maximum Gasteiger partial charge on any atom is 0.243 e. The van der Waals surface area contributed by atoms with Crippen molar-refractivity contribution in [1.29, 1.82) is 0 Å². The first-order valence-electron chi connectivity index (χ1n) is 11.0. The molecule has 0 bridgehead atoms. The molecule has 2 rings (SSSR count). The monoisotopic (exact) mass is 423 g/mol. The second kappa shape index (κ2) is 10.7. The van der Waals surface area contributed by atoms with Crippen LogP contribution in [-0.2, 0) is 19.2 Å². The van der Waals surface area contributed by atoms with Gasteiger partial charge in [0.2, 0.25) is 23.6 Å². The number of hydrogen-bond acceptors (Lipinski definition) is 5. The van der Waals surface area contributed by atoms with E-state index in [1.54, 1.807) is 11.9 Å². The fourth-order valence-corrected chi connectivity index (χ4v) is 4.22. The molecule has 170 valence electrons. The Kier molecular flexibility index (Phi) is 8.64. The third kappa shape index (κ3) is 6.42. The Balaban J connectivity index is 1.77. The summed E-state index contributed by atoms with van der Waals surface area (Å²) in [6.45, 7) is 8.79. The first-order chi connectivity index (χ1) is 14.2. The molecule has 2 fully saturated rings. The molecule has 0 saturated carbocycles. The number of piperidine rings is 1. The molecule has 1 spiro atoms. The molecule has 0 radical (unpaired) electrons. The lowest BCUT2D eigenvalue weighted by Crippen LogP contribution is -2.62. The lowest BCUT2D eigenvalue weighted by atomic mass is 9.72. The van der Waals surface area contributed by atoms with Crippen molar-refractivity contribution in [1.82, 2.24) is 25.8 Å². The van der Waals surface area contributed by atoms with E-state index in [-0.39, 0.29) is 48.1 Å². The topological polar surface area (TPSA) is 111 Å². The summed E-state index contributed by atoms with van der Waals surface area (Å²) in [5.74, 6) is -0.264. The van der Waals surface area contributed by atoms with Crippen molar-refractivity contribution in [3.63, 3.8) is 0 Å². The van der Waals surface area contributed by atoms with Crippen LogP contribution in [0.3, 0.4) is 0 Å². The van der Waals surface area contributed by atoms with E-state index in [2.05, 4.69) is 16.0 Å². The molecule has 2 aliphatic heterocycles. The predicted octanol–water partition coefficient (Wildman–Crippen LogP) is -0.286. The number of amides is 4. The maximum atomic E-state index is 12.6. The summed E-state index contributed by atoms with van der Waals surface area (Å²) in [6, 6.07) is -0.652. The summed E-state index contributed by atoms with van der Waals surface area (Å²) < 4.78 is 0. The minimum Gasteiger partial charge on any atom is -0.345 e. The van der Waals surface area contributed by atoms with Crippen molar-refractivity contribution in [3.05, 3.63) is 0 Å². The van der Waals surface area contributed by atoms with Crippen molar-refractivity contribution < 1.29 is 19.2 Å². The molecule has 30 heavy (non-hydrogen) atoms. The number of likely N-dealkylation sites (tertiary alicyclic amines) is 2. The molecule has 3 N–H and O–H groups in total.